The van der Waals surface area contributed by atoms with Crippen molar-refractivity contribution in [2.24, 2.45) is 0 Å². The van der Waals surface area contributed by atoms with Crippen molar-refractivity contribution in [3.05, 3.63) is 66.2 Å². The molecule has 38 heavy (non-hydrogen) atoms. The van der Waals surface area contributed by atoms with Gasteiger partial charge in [0.05, 0.1) is 16.9 Å². The molecule has 0 amide bonds. The van der Waals surface area contributed by atoms with Crippen LogP contribution in [0.4, 0.5) is 39.0 Å². The van der Waals surface area contributed by atoms with Crippen LogP contribution in [0.1, 0.15) is 70.9 Å². The highest BCUT2D eigenvalue weighted by molar-refractivity contribution is 5.75. The van der Waals surface area contributed by atoms with Crippen LogP contribution in [-0.2, 0) is 12.7 Å². The molecule has 2 aromatic carbocycles. The average Bonchev–Trinajstić information content (AvgIpc) is 3.36. The second-order valence-electron chi connectivity index (χ2n) is 9.05. The van der Waals surface area contributed by atoms with Crippen LogP contribution in [0.5, 0.6) is 0 Å². The van der Waals surface area contributed by atoms with Gasteiger partial charge in [0.2, 0.25) is 0 Å². The number of allylic oxidation sites excluding steroid dienone is 1. The molecular formula is C30H44F5N3. The Morgan fingerprint density at radius 3 is 2.26 bits per heavy atom. The maximum atomic E-state index is 12.6. The Labute approximate surface area is 225 Å². The minimum Gasteiger partial charge on any atom is -0.386 e. The van der Waals surface area contributed by atoms with Crippen molar-refractivity contribution >= 4 is 17.1 Å². The number of nitrogens with zero attached hydrogens (tertiary/aromatic N) is 1. The van der Waals surface area contributed by atoms with E-state index < -0.39 is 24.1 Å². The third-order valence-electron chi connectivity index (χ3n) is 6.31. The predicted octanol–water partition coefficient (Wildman–Crippen LogP) is 9.41. The smallest absolute Gasteiger partial charge is 0.386 e. The van der Waals surface area contributed by atoms with Crippen LogP contribution in [-0.4, -0.2) is 32.0 Å². The number of hydrogen-bond acceptors (Lipinski definition) is 3. The van der Waals surface area contributed by atoms with Gasteiger partial charge in [-0.3, -0.25) is 0 Å². The van der Waals surface area contributed by atoms with Crippen molar-refractivity contribution < 1.29 is 22.0 Å². The van der Waals surface area contributed by atoms with E-state index in [2.05, 4.69) is 35.1 Å². The Bertz CT molecular complexity index is 930. The van der Waals surface area contributed by atoms with Gasteiger partial charge in [0.1, 0.15) is 12.3 Å². The largest absolute Gasteiger partial charge is 0.416 e. The van der Waals surface area contributed by atoms with E-state index in [-0.39, 0.29) is 0 Å². The predicted molar refractivity (Wildman–Crippen MR) is 152 cm³/mol. The molecule has 8 heteroatoms. The quantitative estimate of drug-likeness (QED) is 0.232. The summed E-state index contributed by atoms with van der Waals surface area (Å²) in [4.78, 5) is 2.40. The first kappa shape index (κ1) is 33.3. The molecule has 0 aliphatic carbocycles. The second-order valence-corrected chi connectivity index (χ2v) is 9.05. The van der Waals surface area contributed by atoms with Gasteiger partial charge < -0.3 is 15.5 Å². The summed E-state index contributed by atoms with van der Waals surface area (Å²) in [5.41, 5.74) is 3.39. The molecule has 0 bridgehead atoms. The van der Waals surface area contributed by atoms with Crippen molar-refractivity contribution in [2.75, 3.05) is 29.1 Å². The average molecular weight is 542 g/mol. The fourth-order valence-electron chi connectivity index (χ4n) is 4.10. The number of alkyl halides is 5. The molecule has 1 saturated heterocycles. The zero-order valence-corrected chi connectivity index (χ0v) is 23.3. The lowest BCUT2D eigenvalue weighted by molar-refractivity contribution is -0.137. The van der Waals surface area contributed by atoms with Gasteiger partial charge in [-0.05, 0) is 62.1 Å². The van der Waals surface area contributed by atoms with Crippen LogP contribution in [0.3, 0.4) is 0 Å². The fraction of sp³-hybridized carbons (Fsp3) is 0.533. The topological polar surface area (TPSA) is 27.3 Å². The van der Waals surface area contributed by atoms with E-state index in [1.807, 2.05) is 40.0 Å². The molecule has 1 aliphatic heterocycles. The van der Waals surface area contributed by atoms with Crippen molar-refractivity contribution in [3.8, 4) is 0 Å². The summed E-state index contributed by atoms with van der Waals surface area (Å²) in [7, 11) is 1.91. The highest BCUT2D eigenvalue weighted by atomic mass is 19.4. The highest BCUT2D eigenvalue weighted by Crippen LogP contribution is 2.34. The SMILES string of the molecule is C=CC(F)C(F)CCCC.CC.CNc1ccc(NCc2ccc(C(F)(F)F)cc2)cc1N1CCCC1C. The van der Waals surface area contributed by atoms with E-state index in [4.69, 9.17) is 0 Å². The molecule has 3 rings (SSSR count). The molecule has 3 unspecified atom stereocenters. The zero-order valence-electron chi connectivity index (χ0n) is 23.3. The fourth-order valence-corrected chi connectivity index (χ4v) is 4.10. The van der Waals surface area contributed by atoms with E-state index >= 15 is 0 Å². The monoisotopic (exact) mass is 541 g/mol. The van der Waals surface area contributed by atoms with Gasteiger partial charge >= 0.3 is 6.18 Å². The molecule has 3 nitrogen and oxygen atoms in total. The van der Waals surface area contributed by atoms with Crippen molar-refractivity contribution in [3.63, 3.8) is 0 Å². The van der Waals surface area contributed by atoms with E-state index in [0.29, 0.717) is 19.0 Å². The van der Waals surface area contributed by atoms with Crippen LogP contribution in [0.15, 0.2) is 55.1 Å². The lowest BCUT2D eigenvalue weighted by atomic mass is 10.1. The Hall–Kier alpha value is -2.77. The Kier molecular flexibility index (Phi) is 14.8. The number of halogens is 5. The molecule has 1 fully saturated rings. The molecule has 0 spiro atoms. The number of rotatable bonds is 10. The van der Waals surface area contributed by atoms with Gasteiger partial charge in [-0.1, -0.05) is 51.8 Å². The minimum absolute atomic E-state index is 0.309. The van der Waals surface area contributed by atoms with E-state index in [9.17, 15) is 22.0 Å². The highest BCUT2D eigenvalue weighted by Gasteiger charge is 2.30. The van der Waals surface area contributed by atoms with Crippen molar-refractivity contribution in [1.29, 1.82) is 0 Å². The summed E-state index contributed by atoms with van der Waals surface area (Å²) < 4.78 is 62.8. The van der Waals surface area contributed by atoms with E-state index in [1.165, 1.54) is 25.0 Å². The molecule has 0 radical (unpaired) electrons. The van der Waals surface area contributed by atoms with Crippen LogP contribution >= 0.6 is 0 Å². The minimum atomic E-state index is -4.30. The van der Waals surface area contributed by atoms with E-state index in [0.717, 1.165) is 60.2 Å². The Morgan fingerprint density at radius 2 is 1.76 bits per heavy atom. The van der Waals surface area contributed by atoms with Gasteiger partial charge in [0.15, 0.2) is 0 Å². The molecule has 1 aliphatic rings. The first-order chi connectivity index (χ1) is 18.1. The number of benzene rings is 2. The molecule has 214 valence electrons. The lowest BCUT2D eigenvalue weighted by Crippen LogP contribution is -2.27. The van der Waals surface area contributed by atoms with Crippen LogP contribution in [0.2, 0.25) is 0 Å². The number of nitrogens with one attached hydrogen (secondary N) is 2. The summed E-state index contributed by atoms with van der Waals surface area (Å²) in [5, 5.41) is 6.55. The number of hydrogen-bond donors (Lipinski definition) is 2. The Balaban J connectivity index is 0.000000510. The maximum absolute atomic E-state index is 12.6. The Morgan fingerprint density at radius 1 is 1.11 bits per heavy atom. The molecule has 1 heterocycles. The lowest BCUT2D eigenvalue weighted by Gasteiger charge is -2.27. The standard InChI is InChI=1S/C20H24F3N3.C8H14F2.C2H6/c1-14-4-3-11-26(14)19-12-17(9-10-18(19)24-2)25-13-15-5-7-16(8-6-15)20(21,22)23;1-3-5-6-8(10)7(9)4-2;1-2/h5-10,12,14,24-25H,3-4,11,13H2,1-2H3;4,7-8H,2-3,5-6H2,1H3;1-2H3. The first-order valence-corrected chi connectivity index (χ1v) is 13.5. The molecule has 2 N–H and O–H groups in total. The molecule has 0 aromatic heterocycles. The molecule has 2 aromatic rings. The summed E-state index contributed by atoms with van der Waals surface area (Å²) in [6, 6.07) is 11.9. The summed E-state index contributed by atoms with van der Waals surface area (Å²) in [6.45, 7) is 12.9. The van der Waals surface area contributed by atoms with Gasteiger partial charge in [-0.15, -0.1) is 6.58 Å². The second kappa shape index (κ2) is 16.9. The van der Waals surface area contributed by atoms with Crippen molar-refractivity contribution in [1.82, 2.24) is 0 Å². The summed E-state index contributed by atoms with van der Waals surface area (Å²) in [6.07, 6.45) is -1.77. The van der Waals surface area contributed by atoms with Crippen LogP contribution in [0.25, 0.3) is 0 Å². The molecule has 0 saturated carbocycles. The van der Waals surface area contributed by atoms with Crippen LogP contribution < -0.4 is 15.5 Å². The zero-order chi connectivity index (χ0) is 28.7. The van der Waals surface area contributed by atoms with Crippen molar-refractivity contribution in [2.45, 2.75) is 90.9 Å². The van der Waals surface area contributed by atoms with Gasteiger partial charge in [-0.2, -0.15) is 13.2 Å². The molecule has 3 atom stereocenters. The number of anilines is 3. The summed E-state index contributed by atoms with van der Waals surface area (Å²) in [5.74, 6) is 0. The van der Waals surface area contributed by atoms with Gasteiger partial charge in [0.25, 0.3) is 0 Å². The third kappa shape index (κ3) is 10.5. The molecular weight excluding hydrogens is 497 g/mol. The summed E-state index contributed by atoms with van der Waals surface area (Å²) >= 11 is 0. The van der Waals surface area contributed by atoms with E-state index in [1.54, 1.807) is 0 Å². The normalized spacial score (nSPS) is 16.4. The van der Waals surface area contributed by atoms with Gasteiger partial charge in [0, 0.05) is 31.9 Å². The third-order valence-corrected chi connectivity index (χ3v) is 6.31. The maximum Gasteiger partial charge on any atom is 0.416 e. The number of unbranched alkanes of at least 4 members (excludes halogenated alkanes) is 1. The first-order valence-electron chi connectivity index (χ1n) is 13.5. The van der Waals surface area contributed by atoms with Crippen LogP contribution in [0, 0.1) is 0 Å². The van der Waals surface area contributed by atoms with Gasteiger partial charge in [-0.25, -0.2) is 8.78 Å².